The average molecular weight is 187 g/mol. The minimum Gasteiger partial charge on any atom is -0.508 e. The van der Waals surface area contributed by atoms with Crippen molar-refractivity contribution >= 4 is 10.0 Å². The van der Waals surface area contributed by atoms with Crippen molar-refractivity contribution in [1.82, 2.24) is 0 Å². The zero-order valence-corrected chi connectivity index (χ0v) is 7.08. The van der Waals surface area contributed by atoms with Crippen LogP contribution in [-0.2, 0) is 15.8 Å². The Morgan fingerprint density at radius 1 is 1.25 bits per heavy atom. The number of hydrogen-bond donors (Lipinski definition) is 2. The van der Waals surface area contributed by atoms with Crippen LogP contribution >= 0.6 is 0 Å². The summed E-state index contributed by atoms with van der Waals surface area (Å²) in [5.74, 6) is -0.0963. The Morgan fingerprint density at radius 3 is 2.17 bits per heavy atom. The first-order chi connectivity index (χ1) is 5.47. The Hall–Kier alpha value is -1.07. The first-order valence-corrected chi connectivity index (χ1v) is 4.97. The number of hydrogen-bond acceptors (Lipinski definition) is 3. The molecule has 1 rings (SSSR count). The van der Waals surface area contributed by atoms with Crippen LogP contribution in [0.4, 0.5) is 0 Å². The second-order valence-electron chi connectivity index (χ2n) is 2.47. The lowest BCUT2D eigenvalue weighted by molar-refractivity contribution is 0.475. The smallest absolute Gasteiger partial charge is 0.213 e. The van der Waals surface area contributed by atoms with E-state index in [-0.39, 0.29) is 11.5 Å². The highest BCUT2D eigenvalue weighted by Crippen LogP contribution is 2.10. The highest BCUT2D eigenvalue weighted by molar-refractivity contribution is 7.88. The van der Waals surface area contributed by atoms with Gasteiger partial charge in [0.05, 0.1) is 5.75 Å². The van der Waals surface area contributed by atoms with Crippen molar-refractivity contribution in [2.45, 2.75) is 5.75 Å². The van der Waals surface area contributed by atoms with Crippen molar-refractivity contribution in [3.05, 3.63) is 29.8 Å². The average Bonchev–Trinajstić information content (AvgIpc) is 1.91. The van der Waals surface area contributed by atoms with Gasteiger partial charge in [0.25, 0.3) is 0 Å². The van der Waals surface area contributed by atoms with Gasteiger partial charge in [-0.1, -0.05) is 12.1 Å². The molecule has 1 aromatic rings. The van der Waals surface area contributed by atoms with Gasteiger partial charge in [-0.2, -0.15) is 0 Å². The van der Waals surface area contributed by atoms with E-state index in [2.05, 4.69) is 0 Å². The van der Waals surface area contributed by atoms with E-state index in [4.69, 9.17) is 10.2 Å². The molecule has 0 saturated heterocycles. The zero-order valence-electron chi connectivity index (χ0n) is 6.27. The third-order valence-electron chi connectivity index (χ3n) is 1.30. The van der Waals surface area contributed by atoms with Crippen LogP contribution in [0.1, 0.15) is 5.56 Å². The van der Waals surface area contributed by atoms with E-state index < -0.39 is 10.0 Å². The number of phenols is 1. The first-order valence-electron chi connectivity index (χ1n) is 3.26. The molecule has 12 heavy (non-hydrogen) atoms. The topological polar surface area (TPSA) is 80.4 Å². The molecule has 66 valence electrons. The predicted molar refractivity (Wildman–Crippen MR) is 44.9 cm³/mol. The van der Waals surface area contributed by atoms with Crippen LogP contribution in [0.5, 0.6) is 5.75 Å². The number of nitrogens with two attached hydrogens (primary N) is 1. The summed E-state index contributed by atoms with van der Waals surface area (Å²) in [7, 11) is -3.47. The van der Waals surface area contributed by atoms with Gasteiger partial charge in [0.1, 0.15) is 5.75 Å². The van der Waals surface area contributed by atoms with E-state index in [0.717, 1.165) is 0 Å². The minimum absolute atomic E-state index is 0.105. The highest BCUT2D eigenvalue weighted by Gasteiger charge is 2.03. The summed E-state index contributed by atoms with van der Waals surface area (Å²) in [6.45, 7) is 0. The van der Waals surface area contributed by atoms with Gasteiger partial charge >= 0.3 is 0 Å². The number of sulfonamides is 1. The molecule has 0 aromatic heterocycles. The Labute approximate surface area is 70.7 Å². The van der Waals surface area contributed by atoms with Crippen molar-refractivity contribution < 1.29 is 13.5 Å². The maximum absolute atomic E-state index is 10.6. The molecular formula is C7H9NO3S. The fourth-order valence-electron chi connectivity index (χ4n) is 0.824. The zero-order chi connectivity index (χ0) is 9.19. The van der Waals surface area contributed by atoms with Crippen LogP contribution in [0, 0.1) is 0 Å². The summed E-state index contributed by atoms with van der Waals surface area (Å²) in [4.78, 5) is 0. The van der Waals surface area contributed by atoms with E-state index in [9.17, 15) is 8.42 Å². The van der Waals surface area contributed by atoms with Crippen LogP contribution in [-0.4, -0.2) is 13.5 Å². The maximum Gasteiger partial charge on any atom is 0.213 e. The highest BCUT2D eigenvalue weighted by atomic mass is 32.2. The van der Waals surface area contributed by atoms with Crippen molar-refractivity contribution in [3.8, 4) is 5.75 Å². The molecule has 0 radical (unpaired) electrons. The summed E-state index contributed by atoms with van der Waals surface area (Å²) < 4.78 is 21.2. The quantitative estimate of drug-likeness (QED) is 0.693. The molecule has 1 aromatic carbocycles. The van der Waals surface area contributed by atoms with E-state index >= 15 is 0 Å². The molecule has 0 fully saturated rings. The van der Waals surface area contributed by atoms with Crippen LogP contribution < -0.4 is 5.14 Å². The van der Waals surface area contributed by atoms with Crippen molar-refractivity contribution in [2.24, 2.45) is 5.14 Å². The van der Waals surface area contributed by atoms with Gasteiger partial charge in [-0.3, -0.25) is 0 Å². The summed E-state index contributed by atoms with van der Waals surface area (Å²) in [5, 5.41) is 13.7. The Morgan fingerprint density at radius 2 is 1.75 bits per heavy atom. The molecular weight excluding hydrogens is 178 g/mol. The molecule has 0 heterocycles. The molecule has 4 nitrogen and oxygen atoms in total. The van der Waals surface area contributed by atoms with Crippen LogP contribution in [0.2, 0.25) is 0 Å². The lowest BCUT2D eigenvalue weighted by Crippen LogP contribution is -2.14. The Kier molecular flexibility index (Phi) is 2.35. The summed E-state index contributed by atoms with van der Waals surface area (Å²) in [5.41, 5.74) is 0.565. The lowest BCUT2D eigenvalue weighted by atomic mass is 10.2. The number of rotatable bonds is 2. The molecule has 0 aliphatic heterocycles. The van der Waals surface area contributed by atoms with Gasteiger partial charge in [-0.05, 0) is 17.7 Å². The van der Waals surface area contributed by atoms with Crippen molar-refractivity contribution in [1.29, 1.82) is 0 Å². The Bertz CT molecular complexity index is 355. The largest absolute Gasteiger partial charge is 0.508 e. The molecule has 0 bridgehead atoms. The van der Waals surface area contributed by atoms with Gasteiger partial charge in [0, 0.05) is 0 Å². The van der Waals surface area contributed by atoms with Gasteiger partial charge in [0.2, 0.25) is 10.0 Å². The van der Waals surface area contributed by atoms with E-state index in [1.54, 1.807) is 0 Å². The van der Waals surface area contributed by atoms with Gasteiger partial charge < -0.3 is 5.11 Å². The third kappa shape index (κ3) is 2.89. The fourth-order valence-corrected chi connectivity index (χ4v) is 1.48. The minimum atomic E-state index is -3.47. The molecule has 0 spiro atoms. The lowest BCUT2D eigenvalue weighted by Gasteiger charge is -1.98. The van der Waals surface area contributed by atoms with E-state index in [1.807, 2.05) is 0 Å². The molecule has 0 atom stereocenters. The van der Waals surface area contributed by atoms with Gasteiger partial charge in [-0.25, -0.2) is 13.6 Å². The second kappa shape index (κ2) is 3.12. The number of phenolic OH excluding ortho intramolecular Hbond substituents is 1. The molecule has 3 N–H and O–H groups in total. The van der Waals surface area contributed by atoms with Crippen LogP contribution in [0.25, 0.3) is 0 Å². The monoisotopic (exact) mass is 187 g/mol. The molecule has 0 aliphatic rings. The maximum atomic E-state index is 10.6. The predicted octanol–water partition coefficient (Wildman–Crippen LogP) is 0.181. The molecule has 5 heteroatoms. The van der Waals surface area contributed by atoms with Gasteiger partial charge in [-0.15, -0.1) is 0 Å². The van der Waals surface area contributed by atoms with Crippen molar-refractivity contribution in [3.63, 3.8) is 0 Å². The van der Waals surface area contributed by atoms with E-state index in [1.165, 1.54) is 24.3 Å². The SMILES string of the molecule is NS(=O)(=O)Cc1ccc(O)cc1. The summed E-state index contributed by atoms with van der Waals surface area (Å²) in [6, 6.07) is 5.86. The first kappa shape index (κ1) is 9.02. The van der Waals surface area contributed by atoms with Crippen molar-refractivity contribution in [2.75, 3.05) is 0 Å². The standard InChI is InChI=1S/C7H9NO3S/c8-12(10,11)5-6-1-3-7(9)4-2-6/h1-4,9H,5H2,(H2,8,10,11). The van der Waals surface area contributed by atoms with Crippen LogP contribution in [0.3, 0.4) is 0 Å². The normalized spacial score (nSPS) is 11.4. The number of benzene rings is 1. The molecule has 0 amide bonds. The molecule has 0 aliphatic carbocycles. The van der Waals surface area contributed by atoms with E-state index in [0.29, 0.717) is 5.56 Å². The molecule has 0 saturated carbocycles. The Balaban J connectivity index is 2.85. The fraction of sp³-hybridized carbons (Fsp3) is 0.143. The second-order valence-corrected chi connectivity index (χ2v) is 4.09. The van der Waals surface area contributed by atoms with Gasteiger partial charge in [0.15, 0.2) is 0 Å². The van der Waals surface area contributed by atoms with Crippen LogP contribution in [0.15, 0.2) is 24.3 Å². The third-order valence-corrected chi connectivity index (χ3v) is 2.04. The summed E-state index contributed by atoms with van der Waals surface area (Å²) in [6.07, 6.45) is 0. The summed E-state index contributed by atoms with van der Waals surface area (Å²) >= 11 is 0. The molecule has 0 unspecified atom stereocenters. The number of aromatic hydroxyl groups is 1. The number of primary sulfonamides is 1.